The number of amides is 1. The van der Waals surface area contributed by atoms with Crippen LogP contribution in [0.2, 0.25) is 0 Å². The molecule has 0 saturated carbocycles. The first-order valence-corrected chi connectivity index (χ1v) is 7.66. The summed E-state index contributed by atoms with van der Waals surface area (Å²) in [6, 6.07) is 5.70. The molecule has 2 heterocycles. The van der Waals surface area contributed by atoms with Crippen molar-refractivity contribution in [2.24, 2.45) is 0 Å². The van der Waals surface area contributed by atoms with Gasteiger partial charge >= 0.3 is 0 Å². The van der Waals surface area contributed by atoms with Crippen molar-refractivity contribution in [1.82, 2.24) is 20.2 Å². The Morgan fingerprint density at radius 1 is 1.22 bits per heavy atom. The number of nitrogens with one attached hydrogen (secondary N) is 2. The third-order valence-corrected chi connectivity index (χ3v) is 3.29. The zero-order valence-electron chi connectivity index (χ0n) is 13.6. The van der Waals surface area contributed by atoms with Crippen molar-refractivity contribution >= 4 is 11.6 Å². The van der Waals surface area contributed by atoms with Crippen molar-refractivity contribution < 1.29 is 4.79 Å². The number of hydrogen-bond acceptors (Lipinski definition) is 5. The van der Waals surface area contributed by atoms with Crippen molar-refractivity contribution in [2.75, 3.05) is 32.5 Å². The molecule has 0 spiro atoms. The second-order valence-corrected chi connectivity index (χ2v) is 5.59. The topological polar surface area (TPSA) is 70.2 Å². The Balaban J connectivity index is 1.85. The Kier molecular flexibility index (Phi) is 6.50. The third-order valence-electron chi connectivity index (χ3n) is 3.29. The summed E-state index contributed by atoms with van der Waals surface area (Å²) in [6.45, 7) is 2.25. The molecule has 2 rings (SSSR count). The molecule has 2 aromatic heterocycles. The number of nitrogens with zero attached hydrogens (tertiary/aromatic N) is 3. The van der Waals surface area contributed by atoms with Crippen LogP contribution in [-0.2, 0) is 6.54 Å². The van der Waals surface area contributed by atoms with Gasteiger partial charge < -0.3 is 15.5 Å². The lowest BCUT2D eigenvalue weighted by atomic mass is 10.2. The van der Waals surface area contributed by atoms with Crippen LogP contribution in [0, 0.1) is 0 Å². The summed E-state index contributed by atoms with van der Waals surface area (Å²) in [5, 5.41) is 6.16. The number of hydrogen-bond donors (Lipinski definition) is 2. The molecule has 0 saturated heterocycles. The molecule has 0 radical (unpaired) electrons. The van der Waals surface area contributed by atoms with Gasteiger partial charge in [-0.25, -0.2) is 0 Å². The summed E-state index contributed by atoms with van der Waals surface area (Å²) in [7, 11) is 4.03. The fraction of sp³-hybridized carbons (Fsp3) is 0.353. The molecule has 0 aliphatic rings. The van der Waals surface area contributed by atoms with Crippen LogP contribution >= 0.6 is 0 Å². The highest BCUT2D eigenvalue weighted by molar-refractivity contribution is 5.94. The first kappa shape index (κ1) is 16.9. The minimum Gasteiger partial charge on any atom is -0.380 e. The zero-order valence-corrected chi connectivity index (χ0v) is 13.6. The highest BCUT2D eigenvalue weighted by Gasteiger charge is 2.06. The molecule has 0 unspecified atom stereocenters. The van der Waals surface area contributed by atoms with Crippen molar-refractivity contribution in [2.45, 2.75) is 13.0 Å². The molecule has 0 bridgehead atoms. The Bertz CT molecular complexity index is 615. The van der Waals surface area contributed by atoms with Gasteiger partial charge in [0.25, 0.3) is 5.91 Å². The summed E-state index contributed by atoms with van der Waals surface area (Å²) >= 11 is 0. The Labute approximate surface area is 137 Å². The third kappa shape index (κ3) is 6.04. The van der Waals surface area contributed by atoms with E-state index in [4.69, 9.17) is 0 Å². The summed E-state index contributed by atoms with van der Waals surface area (Å²) in [5.41, 5.74) is 2.45. The Hall–Kier alpha value is -2.47. The number of rotatable bonds is 8. The van der Waals surface area contributed by atoms with Crippen LogP contribution in [0.15, 0.2) is 43.0 Å². The van der Waals surface area contributed by atoms with Crippen LogP contribution in [0.25, 0.3) is 0 Å². The van der Waals surface area contributed by atoms with Crippen molar-refractivity contribution in [1.29, 1.82) is 0 Å². The van der Waals surface area contributed by atoms with E-state index in [1.54, 1.807) is 18.6 Å². The molecule has 6 heteroatoms. The number of pyridine rings is 2. The molecule has 2 aromatic rings. The van der Waals surface area contributed by atoms with Gasteiger partial charge in [0.1, 0.15) is 0 Å². The molecule has 2 N–H and O–H groups in total. The first-order chi connectivity index (χ1) is 11.1. The maximum atomic E-state index is 12.1. The molecular weight excluding hydrogens is 290 g/mol. The molecule has 122 valence electrons. The lowest BCUT2D eigenvalue weighted by molar-refractivity contribution is 0.0952. The van der Waals surface area contributed by atoms with Crippen molar-refractivity contribution in [3.63, 3.8) is 0 Å². The highest BCUT2D eigenvalue weighted by atomic mass is 16.1. The minimum absolute atomic E-state index is 0.0960. The van der Waals surface area contributed by atoms with Crippen LogP contribution in [0.3, 0.4) is 0 Å². The number of carbonyl (C=O) groups is 1. The van der Waals surface area contributed by atoms with Crippen LogP contribution in [-0.4, -0.2) is 48.0 Å². The Morgan fingerprint density at radius 2 is 2.09 bits per heavy atom. The molecule has 1 amide bonds. The van der Waals surface area contributed by atoms with E-state index in [2.05, 4.69) is 25.5 Å². The van der Waals surface area contributed by atoms with Gasteiger partial charge in [-0.3, -0.25) is 14.8 Å². The zero-order chi connectivity index (χ0) is 16.5. The molecule has 0 atom stereocenters. The van der Waals surface area contributed by atoms with Gasteiger partial charge in [0.05, 0.1) is 11.3 Å². The number of anilines is 1. The van der Waals surface area contributed by atoms with E-state index in [0.717, 1.165) is 24.2 Å². The standard InChI is InChI=1S/C17H23N5O/c1-22(2)8-4-7-20-17(23)15-9-16(13-19-12-15)21-11-14-5-3-6-18-10-14/h3,5-6,9-10,12-13,21H,4,7-8,11H2,1-2H3,(H,20,23). The van der Waals surface area contributed by atoms with E-state index in [1.165, 1.54) is 0 Å². The monoisotopic (exact) mass is 313 g/mol. The largest absolute Gasteiger partial charge is 0.380 e. The number of aromatic nitrogens is 2. The average Bonchev–Trinajstić information content (AvgIpc) is 2.58. The van der Waals surface area contributed by atoms with E-state index in [1.807, 2.05) is 38.5 Å². The molecular formula is C17H23N5O. The van der Waals surface area contributed by atoms with Crippen LogP contribution in [0.5, 0.6) is 0 Å². The predicted molar refractivity (Wildman–Crippen MR) is 91.3 cm³/mol. The molecule has 23 heavy (non-hydrogen) atoms. The van der Waals surface area contributed by atoms with E-state index in [0.29, 0.717) is 18.7 Å². The predicted octanol–water partition coefficient (Wildman–Crippen LogP) is 1.77. The van der Waals surface area contributed by atoms with Gasteiger partial charge in [-0.2, -0.15) is 0 Å². The minimum atomic E-state index is -0.0960. The lowest BCUT2D eigenvalue weighted by Crippen LogP contribution is -2.27. The SMILES string of the molecule is CN(C)CCCNC(=O)c1cncc(NCc2cccnc2)c1. The molecule has 0 fully saturated rings. The van der Waals surface area contributed by atoms with E-state index in [-0.39, 0.29) is 5.91 Å². The van der Waals surface area contributed by atoms with Gasteiger partial charge in [-0.1, -0.05) is 6.07 Å². The second kappa shape index (κ2) is 8.85. The maximum absolute atomic E-state index is 12.1. The average molecular weight is 313 g/mol. The maximum Gasteiger partial charge on any atom is 0.252 e. The lowest BCUT2D eigenvalue weighted by Gasteiger charge is -2.10. The van der Waals surface area contributed by atoms with Crippen molar-refractivity contribution in [3.8, 4) is 0 Å². The van der Waals surface area contributed by atoms with E-state index >= 15 is 0 Å². The van der Waals surface area contributed by atoms with Gasteiger partial charge in [0, 0.05) is 37.9 Å². The summed E-state index contributed by atoms with van der Waals surface area (Å²) in [4.78, 5) is 22.4. The van der Waals surface area contributed by atoms with E-state index in [9.17, 15) is 4.79 Å². The van der Waals surface area contributed by atoms with Gasteiger partial charge in [0.2, 0.25) is 0 Å². The normalized spacial score (nSPS) is 10.6. The number of carbonyl (C=O) groups excluding carboxylic acids is 1. The summed E-state index contributed by atoms with van der Waals surface area (Å²) in [6.07, 6.45) is 7.76. The Morgan fingerprint density at radius 3 is 2.83 bits per heavy atom. The summed E-state index contributed by atoms with van der Waals surface area (Å²) < 4.78 is 0. The second-order valence-electron chi connectivity index (χ2n) is 5.59. The highest BCUT2D eigenvalue weighted by Crippen LogP contribution is 2.10. The van der Waals surface area contributed by atoms with Gasteiger partial charge in [-0.05, 0) is 44.8 Å². The first-order valence-electron chi connectivity index (χ1n) is 7.66. The van der Waals surface area contributed by atoms with Crippen LogP contribution in [0.1, 0.15) is 22.3 Å². The molecule has 6 nitrogen and oxygen atoms in total. The van der Waals surface area contributed by atoms with Crippen LogP contribution < -0.4 is 10.6 Å². The smallest absolute Gasteiger partial charge is 0.252 e. The quantitative estimate of drug-likeness (QED) is 0.727. The molecule has 0 aliphatic heterocycles. The summed E-state index contributed by atoms with van der Waals surface area (Å²) in [5.74, 6) is -0.0960. The van der Waals surface area contributed by atoms with E-state index < -0.39 is 0 Å². The van der Waals surface area contributed by atoms with Gasteiger partial charge in [0.15, 0.2) is 0 Å². The molecule has 0 aromatic carbocycles. The van der Waals surface area contributed by atoms with Crippen molar-refractivity contribution in [3.05, 3.63) is 54.1 Å². The van der Waals surface area contributed by atoms with Gasteiger partial charge in [-0.15, -0.1) is 0 Å². The fourth-order valence-electron chi connectivity index (χ4n) is 2.07. The van der Waals surface area contributed by atoms with Crippen LogP contribution in [0.4, 0.5) is 5.69 Å². The fourth-order valence-corrected chi connectivity index (χ4v) is 2.07. The molecule has 0 aliphatic carbocycles.